The Balaban J connectivity index is 0.00000338. The lowest BCUT2D eigenvalue weighted by Gasteiger charge is -2.33. The molecule has 0 saturated carbocycles. The number of carbonyl (C=O) groups excluding carboxylic acids is 1. The zero-order valence-corrected chi connectivity index (χ0v) is 19.0. The van der Waals surface area contributed by atoms with Gasteiger partial charge in [0.15, 0.2) is 5.96 Å². The molecule has 1 saturated heterocycles. The van der Waals surface area contributed by atoms with Crippen molar-refractivity contribution in [2.45, 2.75) is 26.2 Å². The molecule has 1 aromatic carbocycles. The number of piperidine rings is 1. The number of guanidine groups is 1. The molecule has 8 heteroatoms. The highest BCUT2D eigenvalue weighted by Gasteiger charge is 2.27. The van der Waals surface area contributed by atoms with Crippen molar-refractivity contribution in [3.8, 4) is 0 Å². The molecule has 1 heterocycles. The number of esters is 1. The molecule has 1 fully saturated rings. The van der Waals surface area contributed by atoms with Gasteiger partial charge in [0.1, 0.15) is 0 Å². The first-order chi connectivity index (χ1) is 12.0. The predicted molar refractivity (Wildman–Crippen MR) is 118 cm³/mol. The molecule has 1 aliphatic heterocycles. The fourth-order valence-corrected chi connectivity index (χ4v) is 3.56. The van der Waals surface area contributed by atoms with Gasteiger partial charge in [-0.15, -0.1) is 24.0 Å². The van der Waals surface area contributed by atoms with E-state index in [0.29, 0.717) is 16.7 Å². The SMILES string of the molecule is CCOC(=O)C1CCN(C(=NC)NCCc2cc(Cl)cc(Cl)c2)CC1.I. The van der Waals surface area contributed by atoms with Gasteiger partial charge in [-0.25, -0.2) is 0 Å². The first-order valence-electron chi connectivity index (χ1n) is 8.60. The molecule has 0 aromatic heterocycles. The highest BCUT2D eigenvalue weighted by molar-refractivity contribution is 14.0. The molecule has 26 heavy (non-hydrogen) atoms. The van der Waals surface area contributed by atoms with Crippen LogP contribution in [0.1, 0.15) is 25.3 Å². The minimum absolute atomic E-state index is 0. The molecule has 0 aliphatic carbocycles. The number of carbonyl (C=O) groups is 1. The lowest BCUT2D eigenvalue weighted by atomic mass is 9.97. The summed E-state index contributed by atoms with van der Waals surface area (Å²) in [6.07, 6.45) is 2.39. The molecule has 0 amide bonds. The van der Waals surface area contributed by atoms with E-state index in [4.69, 9.17) is 27.9 Å². The van der Waals surface area contributed by atoms with Crippen LogP contribution < -0.4 is 5.32 Å². The van der Waals surface area contributed by atoms with Crippen molar-refractivity contribution in [1.29, 1.82) is 0 Å². The van der Waals surface area contributed by atoms with Crippen LogP contribution in [0.15, 0.2) is 23.2 Å². The van der Waals surface area contributed by atoms with Crippen LogP contribution in [-0.4, -0.2) is 50.1 Å². The number of nitrogens with one attached hydrogen (secondary N) is 1. The van der Waals surface area contributed by atoms with Crippen LogP contribution in [0.2, 0.25) is 10.0 Å². The van der Waals surface area contributed by atoms with Crippen molar-refractivity contribution < 1.29 is 9.53 Å². The second-order valence-corrected chi connectivity index (χ2v) is 6.89. The van der Waals surface area contributed by atoms with E-state index in [-0.39, 0.29) is 35.9 Å². The number of hydrogen-bond donors (Lipinski definition) is 1. The van der Waals surface area contributed by atoms with Gasteiger partial charge in [-0.1, -0.05) is 23.2 Å². The fourth-order valence-electron chi connectivity index (χ4n) is 2.99. The third kappa shape index (κ3) is 7.12. The molecule has 1 aliphatic rings. The van der Waals surface area contributed by atoms with Gasteiger partial charge in [0.25, 0.3) is 0 Å². The molecule has 0 atom stereocenters. The maximum atomic E-state index is 11.8. The normalized spacial score (nSPS) is 15.4. The quantitative estimate of drug-likeness (QED) is 0.280. The van der Waals surface area contributed by atoms with E-state index in [1.165, 1.54) is 0 Å². The van der Waals surface area contributed by atoms with E-state index in [1.54, 1.807) is 13.1 Å². The maximum absolute atomic E-state index is 11.8. The average molecular weight is 514 g/mol. The zero-order valence-electron chi connectivity index (χ0n) is 15.1. The Morgan fingerprint density at radius 2 is 1.88 bits per heavy atom. The standard InChI is InChI=1S/C18H25Cl2N3O2.HI/c1-3-25-17(24)14-5-8-23(9-6-14)18(21-2)22-7-4-13-10-15(19)12-16(20)11-13;/h10-12,14H,3-9H2,1-2H3,(H,21,22);1H. The molecule has 0 unspecified atom stereocenters. The number of hydrogen-bond acceptors (Lipinski definition) is 3. The number of rotatable bonds is 5. The van der Waals surface area contributed by atoms with Crippen LogP contribution in [-0.2, 0) is 16.0 Å². The van der Waals surface area contributed by atoms with Crippen LogP contribution in [0.25, 0.3) is 0 Å². The van der Waals surface area contributed by atoms with E-state index < -0.39 is 0 Å². The molecular weight excluding hydrogens is 488 g/mol. The molecule has 0 radical (unpaired) electrons. The zero-order chi connectivity index (χ0) is 18.2. The lowest BCUT2D eigenvalue weighted by molar-refractivity contribution is -0.149. The highest BCUT2D eigenvalue weighted by Crippen LogP contribution is 2.20. The number of ether oxygens (including phenoxy) is 1. The summed E-state index contributed by atoms with van der Waals surface area (Å²) in [4.78, 5) is 18.3. The van der Waals surface area contributed by atoms with Crippen molar-refractivity contribution in [2.24, 2.45) is 10.9 Å². The van der Waals surface area contributed by atoms with Gasteiger partial charge in [-0.3, -0.25) is 9.79 Å². The van der Waals surface area contributed by atoms with E-state index >= 15 is 0 Å². The first kappa shape index (κ1) is 23.3. The first-order valence-corrected chi connectivity index (χ1v) is 9.36. The summed E-state index contributed by atoms with van der Waals surface area (Å²) in [6.45, 7) is 4.61. The molecule has 2 rings (SSSR count). The maximum Gasteiger partial charge on any atom is 0.309 e. The molecular formula is C18H26Cl2IN3O2. The van der Waals surface area contributed by atoms with Crippen molar-refractivity contribution in [3.63, 3.8) is 0 Å². The summed E-state index contributed by atoms with van der Waals surface area (Å²) in [5, 5.41) is 4.66. The van der Waals surface area contributed by atoms with E-state index in [2.05, 4.69) is 15.2 Å². The van der Waals surface area contributed by atoms with Crippen LogP contribution in [0.3, 0.4) is 0 Å². The summed E-state index contributed by atoms with van der Waals surface area (Å²) in [6, 6.07) is 5.57. The largest absolute Gasteiger partial charge is 0.466 e. The summed E-state index contributed by atoms with van der Waals surface area (Å²) in [7, 11) is 1.77. The van der Waals surface area contributed by atoms with E-state index in [1.807, 2.05) is 19.1 Å². The molecule has 0 bridgehead atoms. The number of aliphatic imine (C=N–C) groups is 1. The Hall–Kier alpha value is -0.730. The van der Waals surface area contributed by atoms with Gasteiger partial charge in [0.05, 0.1) is 12.5 Å². The minimum Gasteiger partial charge on any atom is -0.466 e. The van der Waals surface area contributed by atoms with Crippen molar-refractivity contribution >= 4 is 59.1 Å². The lowest BCUT2D eigenvalue weighted by Crippen LogP contribution is -2.47. The number of nitrogens with zero attached hydrogens (tertiary/aromatic N) is 2. The smallest absolute Gasteiger partial charge is 0.309 e. The average Bonchev–Trinajstić information content (AvgIpc) is 2.58. The second kappa shape index (κ2) is 11.9. The van der Waals surface area contributed by atoms with Crippen LogP contribution >= 0.6 is 47.2 Å². The Labute approximate surface area is 182 Å². The van der Waals surface area contributed by atoms with Gasteiger partial charge < -0.3 is 15.0 Å². The highest BCUT2D eigenvalue weighted by atomic mass is 127. The van der Waals surface area contributed by atoms with Crippen LogP contribution in [0.5, 0.6) is 0 Å². The number of benzene rings is 1. The molecule has 0 spiro atoms. The third-order valence-corrected chi connectivity index (χ3v) is 4.68. The molecule has 5 nitrogen and oxygen atoms in total. The monoisotopic (exact) mass is 513 g/mol. The Morgan fingerprint density at radius 3 is 2.42 bits per heavy atom. The van der Waals surface area contributed by atoms with E-state index in [0.717, 1.165) is 50.4 Å². The third-order valence-electron chi connectivity index (χ3n) is 4.25. The predicted octanol–water partition coefficient (Wildman–Crippen LogP) is 4.00. The number of halogens is 3. The van der Waals surface area contributed by atoms with Crippen molar-refractivity contribution in [2.75, 3.05) is 33.3 Å². The topological polar surface area (TPSA) is 53.9 Å². The summed E-state index contributed by atoms with van der Waals surface area (Å²) < 4.78 is 5.11. The molecule has 1 aromatic rings. The van der Waals surface area contributed by atoms with Crippen LogP contribution in [0.4, 0.5) is 0 Å². The van der Waals surface area contributed by atoms with Crippen LogP contribution in [0, 0.1) is 5.92 Å². The second-order valence-electron chi connectivity index (χ2n) is 6.02. The number of likely N-dealkylation sites (tertiary alicyclic amines) is 1. The Kier molecular flexibility index (Phi) is 10.6. The van der Waals surface area contributed by atoms with Gasteiger partial charge in [-0.2, -0.15) is 0 Å². The summed E-state index contributed by atoms with van der Waals surface area (Å²) >= 11 is 12.1. The van der Waals surface area contributed by atoms with E-state index in [9.17, 15) is 4.79 Å². The summed E-state index contributed by atoms with van der Waals surface area (Å²) in [5.74, 6) is 0.779. The summed E-state index contributed by atoms with van der Waals surface area (Å²) in [5.41, 5.74) is 1.08. The van der Waals surface area contributed by atoms with Crippen molar-refractivity contribution in [3.05, 3.63) is 33.8 Å². The van der Waals surface area contributed by atoms with Gasteiger partial charge in [0, 0.05) is 36.7 Å². The molecule has 1 N–H and O–H groups in total. The molecule has 146 valence electrons. The minimum atomic E-state index is -0.0806. The van der Waals surface area contributed by atoms with Gasteiger partial charge in [0.2, 0.25) is 0 Å². The van der Waals surface area contributed by atoms with Gasteiger partial charge in [-0.05, 0) is 49.9 Å². The fraction of sp³-hybridized carbons (Fsp3) is 0.556. The Morgan fingerprint density at radius 1 is 1.27 bits per heavy atom. The Bertz CT molecular complexity index is 600. The van der Waals surface area contributed by atoms with Crippen molar-refractivity contribution in [1.82, 2.24) is 10.2 Å². The van der Waals surface area contributed by atoms with Gasteiger partial charge >= 0.3 is 5.97 Å².